The molecule has 0 rings (SSSR count). The first-order chi connectivity index (χ1) is 17.6. The van der Waals surface area contributed by atoms with Crippen LogP contribution < -0.4 is 5.73 Å². The molecule has 0 spiro atoms. The molecule has 0 aromatic rings. The lowest BCUT2D eigenvalue weighted by molar-refractivity contribution is -0.144. The highest BCUT2D eigenvalue weighted by Gasteiger charge is 2.24. The summed E-state index contributed by atoms with van der Waals surface area (Å²) in [5, 5.41) is 0. The van der Waals surface area contributed by atoms with Crippen molar-refractivity contribution in [2.75, 3.05) is 79.1 Å². The molecule has 0 fully saturated rings. The van der Waals surface area contributed by atoms with E-state index in [1.54, 1.807) is 27.7 Å². The van der Waals surface area contributed by atoms with Crippen LogP contribution in [0.15, 0.2) is 0 Å². The summed E-state index contributed by atoms with van der Waals surface area (Å²) in [4.78, 5) is 25.2. The van der Waals surface area contributed by atoms with Crippen molar-refractivity contribution in [3.05, 3.63) is 0 Å². The van der Waals surface area contributed by atoms with Crippen molar-refractivity contribution < 1.29 is 38.0 Å². The molecule has 2 radical (unpaired) electrons. The van der Waals surface area contributed by atoms with Gasteiger partial charge in [-0.2, -0.15) is 0 Å². The standard InChI is InChI=1S/C19H38N2O8.2C3H8.CH4.BHS/c1-5-28-17(22)16-21(18(23)29-19(2,3)4)7-9-25-11-13-27-15-14-26-12-10-24-8-6-20;2*1-3-2;;1-2/h5-16,20H2,1-4H3;2*3H2,1-2H3;1H4;2H. The van der Waals surface area contributed by atoms with E-state index < -0.39 is 17.7 Å². The predicted octanol–water partition coefficient (Wildman–Crippen LogP) is 4.28. The van der Waals surface area contributed by atoms with Gasteiger partial charge in [-0.05, 0) is 27.7 Å². The summed E-state index contributed by atoms with van der Waals surface area (Å²) in [5.41, 5.74) is 4.65. The van der Waals surface area contributed by atoms with Gasteiger partial charge in [-0.15, -0.1) is 0 Å². The minimum Gasteiger partial charge on any atom is -0.465 e. The number of carbonyl (C=O) groups is 2. The molecule has 0 aromatic heterocycles. The molecular formula is C26H59BN2O8S. The average Bonchev–Trinajstić information content (AvgIpc) is 2.82. The maximum absolute atomic E-state index is 12.2. The van der Waals surface area contributed by atoms with Crippen LogP contribution in [0.3, 0.4) is 0 Å². The molecular weight excluding hydrogens is 511 g/mol. The Hall–Kier alpha value is -1.05. The molecule has 230 valence electrons. The number of esters is 1. The number of nitrogens with two attached hydrogens (primary N) is 1. The number of thiol groups is 1. The summed E-state index contributed by atoms with van der Waals surface area (Å²) in [7, 11) is 4.19. The maximum Gasteiger partial charge on any atom is 0.410 e. The van der Waals surface area contributed by atoms with Crippen molar-refractivity contribution in [1.29, 1.82) is 0 Å². The van der Waals surface area contributed by atoms with Crippen LogP contribution in [0, 0.1) is 0 Å². The Morgan fingerprint density at radius 3 is 1.47 bits per heavy atom. The van der Waals surface area contributed by atoms with E-state index in [0.29, 0.717) is 52.8 Å². The molecule has 0 atom stereocenters. The lowest BCUT2D eigenvalue weighted by Gasteiger charge is -2.26. The summed E-state index contributed by atoms with van der Waals surface area (Å²) < 4.78 is 31.6. The smallest absolute Gasteiger partial charge is 0.410 e. The molecule has 0 unspecified atom stereocenters. The zero-order chi connectivity index (χ0) is 29.4. The lowest BCUT2D eigenvalue weighted by atomic mass is 10.2. The van der Waals surface area contributed by atoms with Gasteiger partial charge in [0, 0.05) is 13.1 Å². The summed E-state index contributed by atoms with van der Waals surface area (Å²) in [6, 6.07) is 0. The second-order valence-electron chi connectivity index (χ2n) is 8.36. The van der Waals surface area contributed by atoms with Gasteiger partial charge in [-0.1, -0.05) is 48.0 Å². The number of ether oxygens (including phenoxy) is 6. The fourth-order valence-corrected chi connectivity index (χ4v) is 1.94. The fourth-order valence-electron chi connectivity index (χ4n) is 1.94. The van der Waals surface area contributed by atoms with Crippen LogP contribution in [-0.4, -0.2) is 109 Å². The molecule has 2 N–H and O–H groups in total. The van der Waals surface area contributed by atoms with Gasteiger partial charge in [-0.25, -0.2) is 17.3 Å². The van der Waals surface area contributed by atoms with Gasteiger partial charge in [0.15, 0.2) is 7.12 Å². The molecule has 0 aliphatic rings. The molecule has 38 heavy (non-hydrogen) atoms. The summed E-state index contributed by atoms with van der Waals surface area (Å²) in [5.74, 6) is -0.491. The van der Waals surface area contributed by atoms with Crippen LogP contribution >= 0.6 is 12.5 Å². The van der Waals surface area contributed by atoms with Crippen LogP contribution in [0.1, 0.15) is 75.7 Å². The highest BCUT2D eigenvalue weighted by atomic mass is 32.1. The first-order valence-electron chi connectivity index (χ1n) is 13.0. The highest BCUT2D eigenvalue weighted by Crippen LogP contribution is 2.10. The Balaban J connectivity index is -0.000000358. The number of hydrogen-bond donors (Lipinski definition) is 2. The van der Waals surface area contributed by atoms with E-state index in [1.165, 1.54) is 17.7 Å². The molecule has 0 aliphatic carbocycles. The fraction of sp³-hybridized carbons (Fsp3) is 0.923. The van der Waals surface area contributed by atoms with Crippen molar-refractivity contribution in [3.63, 3.8) is 0 Å². The van der Waals surface area contributed by atoms with E-state index in [2.05, 4.69) is 47.3 Å². The second-order valence-corrected chi connectivity index (χ2v) is 8.36. The maximum atomic E-state index is 12.2. The third kappa shape index (κ3) is 44.9. The number of amides is 1. The van der Waals surface area contributed by atoms with Crippen LogP contribution in [0.5, 0.6) is 0 Å². The van der Waals surface area contributed by atoms with E-state index >= 15 is 0 Å². The van der Waals surface area contributed by atoms with E-state index in [1.807, 2.05) is 0 Å². The molecule has 0 bridgehead atoms. The van der Waals surface area contributed by atoms with Gasteiger partial charge in [0.1, 0.15) is 12.1 Å². The normalized spacial score (nSPS) is 9.74. The SMILES string of the molecule is C.CCC.CCC.CCOC(=O)CN(CCOCCOCCOCCOCCN)C(=O)OC(C)(C)C.[B]S. The first-order valence-corrected chi connectivity index (χ1v) is 13.5. The van der Waals surface area contributed by atoms with Gasteiger partial charge in [-0.3, -0.25) is 9.69 Å². The van der Waals surface area contributed by atoms with Crippen molar-refractivity contribution in [2.45, 2.75) is 81.3 Å². The number of rotatable bonds is 17. The molecule has 0 saturated heterocycles. The van der Waals surface area contributed by atoms with Gasteiger partial charge in [0.2, 0.25) is 0 Å². The second kappa shape index (κ2) is 38.1. The lowest BCUT2D eigenvalue weighted by Crippen LogP contribution is -2.42. The van der Waals surface area contributed by atoms with E-state index in [9.17, 15) is 9.59 Å². The quantitative estimate of drug-likeness (QED) is 0.114. The molecule has 1 amide bonds. The van der Waals surface area contributed by atoms with E-state index in [0.717, 1.165) is 0 Å². The number of carbonyl (C=O) groups excluding carboxylic acids is 2. The molecule has 12 heteroatoms. The van der Waals surface area contributed by atoms with Crippen LogP contribution in [0.25, 0.3) is 0 Å². The van der Waals surface area contributed by atoms with Crippen molar-refractivity contribution in [3.8, 4) is 0 Å². The Morgan fingerprint density at radius 1 is 0.763 bits per heavy atom. The first kappa shape index (κ1) is 46.8. The minimum atomic E-state index is -0.655. The van der Waals surface area contributed by atoms with E-state index in [4.69, 9.17) is 34.2 Å². The van der Waals surface area contributed by atoms with Crippen LogP contribution in [0.2, 0.25) is 0 Å². The largest absolute Gasteiger partial charge is 0.465 e. The molecule has 0 aliphatic heterocycles. The zero-order valence-corrected chi connectivity index (χ0v) is 25.6. The van der Waals surface area contributed by atoms with Crippen LogP contribution in [-0.2, 0) is 33.2 Å². The zero-order valence-electron chi connectivity index (χ0n) is 24.7. The summed E-state index contributed by atoms with van der Waals surface area (Å²) in [6.45, 7) is 19.7. The van der Waals surface area contributed by atoms with E-state index in [-0.39, 0.29) is 33.7 Å². The molecule has 0 saturated carbocycles. The van der Waals surface area contributed by atoms with Gasteiger partial charge < -0.3 is 34.2 Å². The number of nitrogens with zero attached hydrogens (tertiary/aromatic N) is 1. The molecule has 0 aromatic carbocycles. The summed E-state index contributed by atoms with van der Waals surface area (Å²) in [6.07, 6.45) is 1.91. The van der Waals surface area contributed by atoms with Gasteiger partial charge >= 0.3 is 12.1 Å². The number of hydrogen-bond acceptors (Lipinski definition) is 10. The Kier molecular flexibility index (Phi) is 46.9. The van der Waals surface area contributed by atoms with Crippen molar-refractivity contribution in [2.24, 2.45) is 5.73 Å². The van der Waals surface area contributed by atoms with Gasteiger partial charge in [0.25, 0.3) is 0 Å². The molecule has 0 heterocycles. The third-order valence-corrected chi connectivity index (χ3v) is 3.16. The minimum absolute atomic E-state index is 0. The third-order valence-electron chi connectivity index (χ3n) is 3.16. The monoisotopic (exact) mass is 570 g/mol. The van der Waals surface area contributed by atoms with Crippen molar-refractivity contribution in [1.82, 2.24) is 4.90 Å². The summed E-state index contributed by atoms with van der Waals surface area (Å²) >= 11 is 3.03. The van der Waals surface area contributed by atoms with Crippen molar-refractivity contribution >= 4 is 31.7 Å². The van der Waals surface area contributed by atoms with Crippen LogP contribution in [0.4, 0.5) is 4.79 Å². The van der Waals surface area contributed by atoms with Gasteiger partial charge in [0.05, 0.1) is 59.5 Å². The topological polar surface area (TPSA) is 119 Å². The Bertz CT molecular complexity index is 471. The molecule has 10 nitrogen and oxygen atoms in total. The predicted molar refractivity (Wildman–Crippen MR) is 160 cm³/mol. The Morgan fingerprint density at radius 2 is 1.13 bits per heavy atom. The average molecular weight is 571 g/mol. The Labute approximate surface area is 240 Å². The highest BCUT2D eigenvalue weighted by molar-refractivity contribution is 8.03.